The van der Waals surface area contributed by atoms with Crippen molar-refractivity contribution >= 4 is 6.08 Å². The SMILES string of the molecule is C=Cc1cccc(-c2ccc(Oc3ccc(C(F)(F)F)cc3)cc2)n1. The molecule has 0 radical (unpaired) electrons. The Balaban J connectivity index is 1.75. The van der Waals surface area contributed by atoms with E-state index in [9.17, 15) is 13.2 Å². The van der Waals surface area contributed by atoms with Crippen LogP contribution in [0.15, 0.2) is 73.3 Å². The number of pyridine rings is 1. The molecule has 0 bridgehead atoms. The van der Waals surface area contributed by atoms with Gasteiger partial charge in [0.25, 0.3) is 0 Å². The molecule has 0 unspecified atom stereocenters. The number of ether oxygens (including phenoxy) is 1. The molecule has 0 amide bonds. The lowest BCUT2D eigenvalue weighted by Crippen LogP contribution is -2.03. The lowest BCUT2D eigenvalue weighted by atomic mass is 10.1. The van der Waals surface area contributed by atoms with E-state index >= 15 is 0 Å². The third kappa shape index (κ3) is 4.07. The molecule has 2 nitrogen and oxygen atoms in total. The van der Waals surface area contributed by atoms with Gasteiger partial charge in [-0.3, -0.25) is 0 Å². The fraction of sp³-hybridized carbons (Fsp3) is 0.0500. The summed E-state index contributed by atoms with van der Waals surface area (Å²) in [5.74, 6) is 0.871. The summed E-state index contributed by atoms with van der Waals surface area (Å²) in [5.41, 5.74) is 1.79. The molecule has 0 saturated heterocycles. The van der Waals surface area contributed by atoms with Crippen LogP contribution in [0.2, 0.25) is 0 Å². The number of hydrogen-bond donors (Lipinski definition) is 0. The van der Waals surface area contributed by atoms with Gasteiger partial charge in [0.05, 0.1) is 17.0 Å². The monoisotopic (exact) mass is 341 g/mol. The van der Waals surface area contributed by atoms with Gasteiger partial charge in [-0.25, -0.2) is 4.98 Å². The van der Waals surface area contributed by atoms with Crippen LogP contribution in [0, 0.1) is 0 Å². The number of alkyl halides is 3. The van der Waals surface area contributed by atoms with Crippen LogP contribution in [0.5, 0.6) is 11.5 Å². The number of halogens is 3. The van der Waals surface area contributed by atoms with Gasteiger partial charge in [0.1, 0.15) is 11.5 Å². The Morgan fingerprint density at radius 1 is 0.840 bits per heavy atom. The molecule has 0 aliphatic rings. The van der Waals surface area contributed by atoms with Crippen molar-refractivity contribution in [3.8, 4) is 22.8 Å². The molecule has 0 saturated carbocycles. The van der Waals surface area contributed by atoms with Gasteiger partial charge in [0.2, 0.25) is 0 Å². The zero-order chi connectivity index (χ0) is 17.9. The molecule has 2 aromatic carbocycles. The highest BCUT2D eigenvalue weighted by Gasteiger charge is 2.30. The standard InChI is InChI=1S/C20H14F3NO/c1-2-16-4-3-5-19(24-16)14-6-10-17(11-7-14)25-18-12-8-15(9-13-18)20(21,22)23/h2-13H,1H2. The molecule has 5 heteroatoms. The van der Waals surface area contributed by atoms with Gasteiger partial charge >= 0.3 is 6.18 Å². The van der Waals surface area contributed by atoms with Crippen LogP contribution in [-0.2, 0) is 6.18 Å². The summed E-state index contributed by atoms with van der Waals surface area (Å²) >= 11 is 0. The lowest BCUT2D eigenvalue weighted by molar-refractivity contribution is -0.137. The van der Waals surface area contributed by atoms with Gasteiger partial charge in [-0.1, -0.05) is 12.6 Å². The molecule has 126 valence electrons. The molecule has 0 aliphatic heterocycles. The first kappa shape index (κ1) is 16.8. The normalized spacial score (nSPS) is 11.2. The summed E-state index contributed by atoms with van der Waals surface area (Å²) < 4.78 is 43.2. The average Bonchev–Trinajstić information content (AvgIpc) is 2.62. The van der Waals surface area contributed by atoms with E-state index in [4.69, 9.17) is 4.74 Å². The van der Waals surface area contributed by atoms with Crippen LogP contribution >= 0.6 is 0 Å². The Labute approximate surface area is 143 Å². The maximum Gasteiger partial charge on any atom is 0.416 e. The van der Waals surface area contributed by atoms with Crippen molar-refractivity contribution in [3.05, 3.63) is 84.6 Å². The Kier molecular flexibility index (Phi) is 4.57. The largest absolute Gasteiger partial charge is 0.457 e. The first-order valence-corrected chi connectivity index (χ1v) is 7.51. The van der Waals surface area contributed by atoms with Crippen LogP contribution in [0.1, 0.15) is 11.3 Å². The number of rotatable bonds is 4. The lowest BCUT2D eigenvalue weighted by Gasteiger charge is -2.09. The van der Waals surface area contributed by atoms with Crippen molar-refractivity contribution in [2.45, 2.75) is 6.18 Å². The topological polar surface area (TPSA) is 22.1 Å². The molecule has 0 fully saturated rings. The Bertz CT molecular complexity index is 869. The Morgan fingerprint density at radius 3 is 2.00 bits per heavy atom. The third-order valence-electron chi connectivity index (χ3n) is 3.55. The van der Waals surface area contributed by atoms with E-state index in [1.165, 1.54) is 12.1 Å². The Hall–Kier alpha value is -3.08. The fourth-order valence-electron chi connectivity index (χ4n) is 2.27. The number of nitrogens with zero attached hydrogens (tertiary/aromatic N) is 1. The first-order valence-electron chi connectivity index (χ1n) is 7.51. The highest BCUT2D eigenvalue weighted by molar-refractivity contribution is 5.62. The molecular formula is C20H14F3NO. The molecule has 3 aromatic rings. The highest BCUT2D eigenvalue weighted by Crippen LogP contribution is 2.31. The second-order valence-electron chi connectivity index (χ2n) is 5.30. The van der Waals surface area contributed by atoms with Crippen molar-refractivity contribution in [3.63, 3.8) is 0 Å². The summed E-state index contributed by atoms with van der Waals surface area (Å²) in [6, 6.07) is 17.4. The van der Waals surface area contributed by atoms with Crippen molar-refractivity contribution in [2.75, 3.05) is 0 Å². The minimum absolute atomic E-state index is 0.340. The molecule has 0 N–H and O–H groups in total. The summed E-state index contributed by atoms with van der Waals surface area (Å²) in [6.45, 7) is 3.70. The summed E-state index contributed by atoms with van der Waals surface area (Å²) in [6.07, 6.45) is -2.68. The van der Waals surface area contributed by atoms with Crippen LogP contribution in [0.4, 0.5) is 13.2 Å². The predicted octanol–water partition coefficient (Wildman–Crippen LogP) is 6.20. The third-order valence-corrected chi connectivity index (χ3v) is 3.55. The molecular weight excluding hydrogens is 327 g/mol. The van der Waals surface area contributed by atoms with E-state index in [0.717, 1.165) is 29.1 Å². The van der Waals surface area contributed by atoms with Gasteiger partial charge in [-0.15, -0.1) is 0 Å². The van der Waals surface area contributed by atoms with E-state index in [-0.39, 0.29) is 0 Å². The van der Waals surface area contributed by atoms with E-state index in [1.807, 2.05) is 30.3 Å². The summed E-state index contributed by atoms with van der Waals surface area (Å²) in [4.78, 5) is 4.44. The molecule has 0 aliphatic carbocycles. The quantitative estimate of drug-likeness (QED) is 0.563. The number of hydrogen-bond acceptors (Lipinski definition) is 2. The van der Waals surface area contributed by atoms with E-state index in [0.29, 0.717) is 11.5 Å². The first-order chi connectivity index (χ1) is 12.0. The summed E-state index contributed by atoms with van der Waals surface area (Å²) in [5, 5.41) is 0. The van der Waals surface area contributed by atoms with Crippen molar-refractivity contribution in [2.24, 2.45) is 0 Å². The molecule has 1 heterocycles. The zero-order valence-electron chi connectivity index (χ0n) is 13.1. The molecule has 25 heavy (non-hydrogen) atoms. The minimum Gasteiger partial charge on any atom is -0.457 e. The highest BCUT2D eigenvalue weighted by atomic mass is 19.4. The zero-order valence-corrected chi connectivity index (χ0v) is 13.1. The van der Waals surface area contributed by atoms with E-state index in [2.05, 4.69) is 11.6 Å². The van der Waals surface area contributed by atoms with Gasteiger partial charge < -0.3 is 4.74 Å². The average molecular weight is 341 g/mol. The van der Waals surface area contributed by atoms with Gasteiger partial charge in [0, 0.05) is 5.56 Å². The van der Waals surface area contributed by atoms with E-state index < -0.39 is 11.7 Å². The van der Waals surface area contributed by atoms with Crippen molar-refractivity contribution in [1.29, 1.82) is 0 Å². The second kappa shape index (κ2) is 6.81. The van der Waals surface area contributed by atoms with Gasteiger partial charge in [-0.05, 0) is 66.7 Å². The molecule has 3 rings (SSSR count). The minimum atomic E-state index is -4.35. The number of aromatic nitrogens is 1. The fourth-order valence-corrected chi connectivity index (χ4v) is 2.27. The molecule has 0 spiro atoms. The number of benzene rings is 2. The van der Waals surface area contributed by atoms with Crippen molar-refractivity contribution < 1.29 is 17.9 Å². The van der Waals surface area contributed by atoms with Crippen LogP contribution < -0.4 is 4.74 Å². The predicted molar refractivity (Wildman–Crippen MR) is 91.3 cm³/mol. The molecule has 1 aromatic heterocycles. The second-order valence-corrected chi connectivity index (χ2v) is 5.30. The summed E-state index contributed by atoms with van der Waals surface area (Å²) in [7, 11) is 0. The maximum atomic E-state index is 12.6. The smallest absolute Gasteiger partial charge is 0.416 e. The maximum absolute atomic E-state index is 12.6. The Morgan fingerprint density at radius 2 is 1.44 bits per heavy atom. The van der Waals surface area contributed by atoms with Gasteiger partial charge in [-0.2, -0.15) is 13.2 Å². The van der Waals surface area contributed by atoms with Crippen LogP contribution in [0.25, 0.3) is 17.3 Å². The van der Waals surface area contributed by atoms with Gasteiger partial charge in [0.15, 0.2) is 0 Å². The molecule has 0 atom stereocenters. The van der Waals surface area contributed by atoms with Crippen molar-refractivity contribution in [1.82, 2.24) is 4.98 Å². The van der Waals surface area contributed by atoms with Crippen LogP contribution in [0.3, 0.4) is 0 Å². The van der Waals surface area contributed by atoms with Crippen LogP contribution in [-0.4, -0.2) is 4.98 Å². The van der Waals surface area contributed by atoms with E-state index in [1.54, 1.807) is 18.2 Å².